The van der Waals surface area contributed by atoms with Crippen LogP contribution in [0.1, 0.15) is 22.7 Å². The molecular formula is C17H16Cl2N2O2. The molecule has 2 N–H and O–H groups in total. The fourth-order valence-electron chi connectivity index (χ4n) is 2.32. The van der Waals surface area contributed by atoms with Gasteiger partial charge in [0.1, 0.15) is 6.04 Å². The number of para-hydroxylation sites is 1. The Morgan fingerprint density at radius 2 is 1.78 bits per heavy atom. The zero-order valence-electron chi connectivity index (χ0n) is 12.7. The number of carbonyl (C=O) groups excluding carboxylic acids is 2. The topological polar surface area (TPSA) is 58.2 Å². The van der Waals surface area contributed by atoms with E-state index in [-0.39, 0.29) is 5.91 Å². The van der Waals surface area contributed by atoms with Gasteiger partial charge in [0.2, 0.25) is 6.41 Å². The zero-order chi connectivity index (χ0) is 17.0. The van der Waals surface area contributed by atoms with Crippen molar-refractivity contribution in [3.8, 4) is 0 Å². The van der Waals surface area contributed by atoms with Crippen LogP contribution in [0.25, 0.3) is 0 Å². The van der Waals surface area contributed by atoms with Crippen molar-refractivity contribution in [2.45, 2.75) is 19.9 Å². The van der Waals surface area contributed by atoms with Crippen molar-refractivity contribution < 1.29 is 9.59 Å². The largest absolute Gasteiger partial charge is 0.343 e. The second-order valence-electron chi connectivity index (χ2n) is 5.14. The van der Waals surface area contributed by atoms with Crippen LogP contribution in [0.3, 0.4) is 0 Å². The first-order chi connectivity index (χ1) is 10.9. The number of hydrogen-bond acceptors (Lipinski definition) is 2. The maximum absolute atomic E-state index is 12.6. The molecule has 0 heterocycles. The van der Waals surface area contributed by atoms with Gasteiger partial charge in [-0.3, -0.25) is 9.59 Å². The molecule has 6 heteroatoms. The van der Waals surface area contributed by atoms with E-state index in [1.165, 1.54) is 6.07 Å². The molecule has 0 bridgehead atoms. The van der Waals surface area contributed by atoms with Crippen LogP contribution in [-0.2, 0) is 9.59 Å². The van der Waals surface area contributed by atoms with Gasteiger partial charge in [-0.2, -0.15) is 0 Å². The Kier molecular flexibility index (Phi) is 5.64. The molecule has 0 aliphatic rings. The molecule has 0 aromatic heterocycles. The van der Waals surface area contributed by atoms with Crippen LogP contribution in [0, 0.1) is 13.8 Å². The highest BCUT2D eigenvalue weighted by atomic mass is 35.5. The molecule has 0 saturated heterocycles. The smallest absolute Gasteiger partial charge is 0.251 e. The fourth-order valence-corrected chi connectivity index (χ4v) is 2.83. The number of halogens is 2. The summed E-state index contributed by atoms with van der Waals surface area (Å²) in [6, 6.07) is 9.59. The average Bonchev–Trinajstić information content (AvgIpc) is 2.49. The number of benzene rings is 2. The summed E-state index contributed by atoms with van der Waals surface area (Å²) < 4.78 is 0. The third-order valence-corrected chi connectivity index (χ3v) is 4.06. The van der Waals surface area contributed by atoms with E-state index in [9.17, 15) is 9.59 Å². The van der Waals surface area contributed by atoms with Crippen LogP contribution in [0.15, 0.2) is 36.4 Å². The summed E-state index contributed by atoms with van der Waals surface area (Å²) in [7, 11) is 0. The summed E-state index contributed by atoms with van der Waals surface area (Å²) in [5.74, 6) is -0.376. The molecule has 2 aromatic carbocycles. The molecule has 0 fully saturated rings. The van der Waals surface area contributed by atoms with Gasteiger partial charge in [0.25, 0.3) is 5.91 Å². The maximum Gasteiger partial charge on any atom is 0.251 e. The molecule has 2 rings (SSSR count). The number of anilines is 1. The fraction of sp³-hybridized carbons (Fsp3) is 0.176. The lowest BCUT2D eigenvalue weighted by Gasteiger charge is -2.19. The number of amides is 2. The number of hydrogen-bond donors (Lipinski definition) is 2. The molecule has 120 valence electrons. The van der Waals surface area contributed by atoms with Crippen molar-refractivity contribution in [1.29, 1.82) is 0 Å². The highest BCUT2D eigenvalue weighted by molar-refractivity contribution is 6.35. The quantitative estimate of drug-likeness (QED) is 0.799. The Morgan fingerprint density at radius 3 is 2.35 bits per heavy atom. The molecule has 2 amide bonds. The summed E-state index contributed by atoms with van der Waals surface area (Å²) in [6.45, 7) is 3.81. The Hall–Kier alpha value is -2.04. The number of carbonyl (C=O) groups is 2. The Bertz CT molecular complexity index is 727. The Morgan fingerprint density at radius 1 is 1.13 bits per heavy atom. The minimum Gasteiger partial charge on any atom is -0.343 e. The number of nitrogens with one attached hydrogen (secondary N) is 2. The van der Waals surface area contributed by atoms with Crippen LogP contribution in [0.2, 0.25) is 10.0 Å². The third-order valence-electron chi connectivity index (χ3n) is 3.50. The van der Waals surface area contributed by atoms with Gasteiger partial charge in [-0.15, -0.1) is 0 Å². The van der Waals surface area contributed by atoms with Crippen LogP contribution >= 0.6 is 23.2 Å². The first-order valence-electron chi connectivity index (χ1n) is 6.95. The standard InChI is InChI=1S/C17H16Cl2N2O2/c1-10-4-3-5-11(2)15(10)21-17(23)16(20-9-22)13-7-6-12(18)8-14(13)19/h3-9,16H,1-2H3,(H,20,22)(H,21,23)/t16-/m1/s1. The van der Waals surface area contributed by atoms with E-state index in [1.54, 1.807) is 12.1 Å². The van der Waals surface area contributed by atoms with Gasteiger partial charge in [-0.05, 0) is 37.1 Å². The lowest BCUT2D eigenvalue weighted by Crippen LogP contribution is -2.32. The van der Waals surface area contributed by atoms with Crippen molar-refractivity contribution in [3.05, 3.63) is 63.1 Å². The van der Waals surface area contributed by atoms with Crippen LogP contribution < -0.4 is 10.6 Å². The molecule has 0 radical (unpaired) electrons. The van der Waals surface area contributed by atoms with Crippen molar-refractivity contribution in [3.63, 3.8) is 0 Å². The first-order valence-corrected chi connectivity index (χ1v) is 7.71. The third kappa shape index (κ3) is 4.03. The lowest BCUT2D eigenvalue weighted by atomic mass is 10.0. The van der Waals surface area contributed by atoms with Crippen LogP contribution in [-0.4, -0.2) is 12.3 Å². The molecule has 4 nitrogen and oxygen atoms in total. The second kappa shape index (κ2) is 7.49. The molecule has 0 aliphatic heterocycles. The predicted octanol–water partition coefficient (Wildman–Crippen LogP) is 4.04. The molecule has 0 unspecified atom stereocenters. The molecular weight excluding hydrogens is 335 g/mol. The van der Waals surface area contributed by atoms with E-state index < -0.39 is 6.04 Å². The number of rotatable bonds is 5. The van der Waals surface area contributed by atoms with Crippen molar-refractivity contribution in [2.24, 2.45) is 0 Å². The van der Waals surface area contributed by atoms with Gasteiger partial charge in [0.05, 0.1) is 0 Å². The van der Waals surface area contributed by atoms with Crippen molar-refractivity contribution >= 4 is 41.2 Å². The van der Waals surface area contributed by atoms with E-state index in [0.29, 0.717) is 22.0 Å². The molecule has 2 aromatic rings. The minimum absolute atomic E-state index is 0.313. The highest BCUT2D eigenvalue weighted by Crippen LogP contribution is 2.28. The van der Waals surface area contributed by atoms with E-state index in [1.807, 2.05) is 32.0 Å². The number of aryl methyl sites for hydroxylation is 2. The summed E-state index contributed by atoms with van der Waals surface area (Å²) in [4.78, 5) is 23.5. The van der Waals surface area contributed by atoms with Gasteiger partial charge in [-0.1, -0.05) is 47.5 Å². The molecule has 0 aliphatic carbocycles. The summed E-state index contributed by atoms with van der Waals surface area (Å²) in [5, 5.41) is 6.12. The lowest BCUT2D eigenvalue weighted by molar-refractivity contribution is -0.121. The monoisotopic (exact) mass is 350 g/mol. The summed E-state index contributed by atoms with van der Waals surface area (Å²) in [5.41, 5.74) is 3.07. The van der Waals surface area contributed by atoms with Gasteiger partial charge in [0.15, 0.2) is 0 Å². The first kappa shape index (κ1) is 17.3. The zero-order valence-corrected chi connectivity index (χ0v) is 14.2. The SMILES string of the molecule is Cc1cccc(C)c1NC(=O)[C@H](NC=O)c1ccc(Cl)cc1Cl. The molecule has 0 spiro atoms. The summed E-state index contributed by atoms with van der Waals surface area (Å²) >= 11 is 12.0. The van der Waals surface area contributed by atoms with Crippen LogP contribution in [0.4, 0.5) is 5.69 Å². The van der Waals surface area contributed by atoms with Crippen molar-refractivity contribution in [1.82, 2.24) is 5.32 Å². The normalized spacial score (nSPS) is 11.7. The molecule has 0 saturated carbocycles. The minimum atomic E-state index is -0.906. The summed E-state index contributed by atoms with van der Waals surface area (Å²) in [6.07, 6.45) is 0.472. The average molecular weight is 351 g/mol. The van der Waals surface area contributed by atoms with Gasteiger partial charge >= 0.3 is 0 Å². The molecule has 23 heavy (non-hydrogen) atoms. The van der Waals surface area contributed by atoms with Gasteiger partial charge in [0, 0.05) is 21.3 Å². The molecule has 1 atom stereocenters. The highest BCUT2D eigenvalue weighted by Gasteiger charge is 2.23. The van der Waals surface area contributed by atoms with Crippen LogP contribution in [0.5, 0.6) is 0 Å². The van der Waals surface area contributed by atoms with Gasteiger partial charge in [-0.25, -0.2) is 0 Å². The predicted molar refractivity (Wildman–Crippen MR) is 92.9 cm³/mol. The van der Waals surface area contributed by atoms with E-state index in [4.69, 9.17) is 23.2 Å². The van der Waals surface area contributed by atoms with E-state index >= 15 is 0 Å². The Balaban J connectivity index is 2.34. The maximum atomic E-state index is 12.6. The van der Waals surface area contributed by atoms with Crippen molar-refractivity contribution in [2.75, 3.05) is 5.32 Å². The Labute approximate surface area is 144 Å². The van der Waals surface area contributed by atoms with E-state index in [2.05, 4.69) is 10.6 Å². The van der Waals surface area contributed by atoms with Gasteiger partial charge < -0.3 is 10.6 Å². The second-order valence-corrected chi connectivity index (χ2v) is 5.98. The van der Waals surface area contributed by atoms with E-state index in [0.717, 1.165) is 16.8 Å².